The fourth-order valence-corrected chi connectivity index (χ4v) is 2.75. The van der Waals surface area contributed by atoms with Crippen LogP contribution in [0, 0.1) is 0 Å². The van der Waals surface area contributed by atoms with Crippen molar-refractivity contribution in [2.45, 2.75) is 70.8 Å². The van der Waals surface area contributed by atoms with Crippen LogP contribution in [-0.2, 0) is 14.2 Å². The highest BCUT2D eigenvalue weighted by atomic mass is 16.7. The number of hydrogen-bond donors (Lipinski definition) is 1. The Balaban J connectivity index is 1.77. The Labute approximate surface area is 127 Å². The molecule has 1 aliphatic heterocycles. The molecule has 0 bridgehead atoms. The Morgan fingerprint density at radius 2 is 2.10 bits per heavy atom. The Bertz CT molecular complexity index is 405. The molecule has 5 heteroatoms. The zero-order valence-electron chi connectivity index (χ0n) is 13.5. The molecule has 5 nitrogen and oxygen atoms in total. The van der Waals surface area contributed by atoms with Crippen LogP contribution in [0.1, 0.15) is 53.4 Å². The second-order valence-corrected chi connectivity index (χ2v) is 6.93. The number of amides is 1. The number of alkyl carbamates (subject to hydrolysis) is 1. The van der Waals surface area contributed by atoms with Gasteiger partial charge in [-0.25, -0.2) is 4.79 Å². The molecule has 0 radical (unpaired) electrons. The van der Waals surface area contributed by atoms with Crippen LogP contribution in [0.3, 0.4) is 0 Å². The topological polar surface area (TPSA) is 56.8 Å². The third kappa shape index (κ3) is 5.00. The van der Waals surface area contributed by atoms with E-state index in [1.54, 1.807) is 0 Å². The maximum absolute atomic E-state index is 11.7. The van der Waals surface area contributed by atoms with Crippen LogP contribution in [0.4, 0.5) is 4.79 Å². The molecule has 21 heavy (non-hydrogen) atoms. The van der Waals surface area contributed by atoms with Gasteiger partial charge >= 0.3 is 6.09 Å². The van der Waals surface area contributed by atoms with Crippen LogP contribution < -0.4 is 5.32 Å². The van der Waals surface area contributed by atoms with Crippen molar-refractivity contribution in [1.82, 2.24) is 5.32 Å². The van der Waals surface area contributed by atoms with Crippen molar-refractivity contribution < 1.29 is 19.0 Å². The Kier molecular flexibility index (Phi) is 4.94. The van der Waals surface area contributed by atoms with Crippen LogP contribution in [0.25, 0.3) is 0 Å². The maximum Gasteiger partial charge on any atom is 0.407 e. The van der Waals surface area contributed by atoms with Crippen molar-refractivity contribution in [3.05, 3.63) is 11.6 Å². The van der Waals surface area contributed by atoms with Gasteiger partial charge < -0.3 is 19.5 Å². The van der Waals surface area contributed by atoms with Gasteiger partial charge in [-0.05, 0) is 40.5 Å². The van der Waals surface area contributed by atoms with Gasteiger partial charge in [-0.2, -0.15) is 0 Å². The first-order valence-electron chi connectivity index (χ1n) is 7.73. The summed E-state index contributed by atoms with van der Waals surface area (Å²) >= 11 is 0. The molecule has 1 atom stereocenters. The largest absolute Gasteiger partial charge is 0.444 e. The van der Waals surface area contributed by atoms with E-state index in [2.05, 4.69) is 11.4 Å². The quantitative estimate of drug-likeness (QED) is 0.813. The molecule has 2 aliphatic rings. The first-order valence-corrected chi connectivity index (χ1v) is 7.73. The molecule has 1 N–H and O–H groups in total. The van der Waals surface area contributed by atoms with Gasteiger partial charge in [0.2, 0.25) is 0 Å². The molecule has 0 aromatic rings. The molecule has 1 amide bonds. The Morgan fingerprint density at radius 1 is 1.43 bits per heavy atom. The van der Waals surface area contributed by atoms with Crippen molar-refractivity contribution in [3.63, 3.8) is 0 Å². The standard InChI is InChI=1S/C16H27NO4/c1-12(17-14(18)21-15(2,3)4)11-13-5-7-16(8-6-13)19-9-10-20-16/h5,12H,6-11H2,1-4H3,(H,17,18)/t12-/m0/s1. The third-order valence-electron chi connectivity index (χ3n) is 3.67. The summed E-state index contributed by atoms with van der Waals surface area (Å²) in [7, 11) is 0. The molecule has 0 aromatic heterocycles. The average molecular weight is 297 g/mol. The van der Waals surface area contributed by atoms with Gasteiger partial charge in [0.25, 0.3) is 0 Å². The van der Waals surface area contributed by atoms with Crippen LogP contribution >= 0.6 is 0 Å². The molecule has 0 aromatic carbocycles. The summed E-state index contributed by atoms with van der Waals surface area (Å²) in [6, 6.07) is 0.0607. The van der Waals surface area contributed by atoms with Crippen molar-refractivity contribution in [1.29, 1.82) is 0 Å². The number of rotatable bonds is 3. The number of carbonyl (C=O) groups is 1. The average Bonchev–Trinajstić information content (AvgIpc) is 2.78. The molecular weight excluding hydrogens is 270 g/mol. The van der Waals surface area contributed by atoms with E-state index >= 15 is 0 Å². The van der Waals surface area contributed by atoms with E-state index in [0.717, 1.165) is 25.7 Å². The number of hydrogen-bond acceptors (Lipinski definition) is 4. The second kappa shape index (κ2) is 6.36. The summed E-state index contributed by atoms with van der Waals surface area (Å²) in [5.74, 6) is -0.370. The first-order chi connectivity index (χ1) is 9.78. The van der Waals surface area contributed by atoms with E-state index in [1.807, 2.05) is 27.7 Å². The predicted molar refractivity (Wildman–Crippen MR) is 80.0 cm³/mol. The molecule has 1 spiro atoms. The van der Waals surface area contributed by atoms with E-state index < -0.39 is 5.60 Å². The summed E-state index contributed by atoms with van der Waals surface area (Å²) < 4.78 is 16.7. The summed E-state index contributed by atoms with van der Waals surface area (Å²) in [5.41, 5.74) is 0.889. The number of nitrogens with one attached hydrogen (secondary N) is 1. The number of carbonyl (C=O) groups excluding carboxylic acids is 1. The number of ether oxygens (including phenoxy) is 3. The SMILES string of the molecule is C[C@@H](CC1=CCC2(CC1)OCCO2)NC(=O)OC(C)(C)C. The zero-order valence-corrected chi connectivity index (χ0v) is 13.5. The summed E-state index contributed by atoms with van der Waals surface area (Å²) in [6.45, 7) is 8.98. The Hall–Kier alpha value is -1.07. The van der Waals surface area contributed by atoms with Crippen LogP contribution in [-0.4, -0.2) is 36.7 Å². The molecule has 120 valence electrons. The molecule has 0 saturated carbocycles. The van der Waals surface area contributed by atoms with Gasteiger partial charge in [0.1, 0.15) is 5.60 Å². The van der Waals surface area contributed by atoms with Crippen molar-refractivity contribution in [3.8, 4) is 0 Å². The lowest BCUT2D eigenvalue weighted by Gasteiger charge is -2.31. The molecular formula is C16H27NO4. The summed E-state index contributed by atoms with van der Waals surface area (Å²) in [4.78, 5) is 11.7. The minimum absolute atomic E-state index is 0.0607. The predicted octanol–water partition coefficient (Wildman–Crippen LogP) is 3.14. The molecule has 1 aliphatic carbocycles. The molecule has 2 rings (SSSR count). The highest BCUT2D eigenvalue weighted by Gasteiger charge is 2.37. The van der Waals surface area contributed by atoms with Gasteiger partial charge in [0.05, 0.1) is 13.2 Å². The van der Waals surface area contributed by atoms with Gasteiger partial charge in [-0.3, -0.25) is 0 Å². The first kappa shape index (κ1) is 16.3. The fraction of sp³-hybridized carbons (Fsp3) is 0.812. The van der Waals surface area contributed by atoms with Crippen molar-refractivity contribution in [2.75, 3.05) is 13.2 Å². The van der Waals surface area contributed by atoms with E-state index in [0.29, 0.717) is 13.2 Å². The normalized spacial score (nSPS) is 22.8. The lowest BCUT2D eigenvalue weighted by atomic mass is 9.90. The highest BCUT2D eigenvalue weighted by Crippen LogP contribution is 2.36. The van der Waals surface area contributed by atoms with Gasteiger partial charge in [0, 0.05) is 18.9 Å². The van der Waals surface area contributed by atoms with E-state index in [-0.39, 0.29) is 17.9 Å². The van der Waals surface area contributed by atoms with Crippen LogP contribution in [0.15, 0.2) is 11.6 Å². The van der Waals surface area contributed by atoms with Gasteiger partial charge in [-0.15, -0.1) is 0 Å². The van der Waals surface area contributed by atoms with E-state index in [1.165, 1.54) is 5.57 Å². The van der Waals surface area contributed by atoms with Gasteiger partial charge in [0.15, 0.2) is 5.79 Å². The van der Waals surface area contributed by atoms with Crippen molar-refractivity contribution in [2.24, 2.45) is 0 Å². The summed E-state index contributed by atoms with van der Waals surface area (Å²) in [5, 5.41) is 2.88. The fourth-order valence-electron chi connectivity index (χ4n) is 2.75. The molecule has 1 heterocycles. The lowest BCUT2D eigenvalue weighted by Crippen LogP contribution is -2.38. The third-order valence-corrected chi connectivity index (χ3v) is 3.67. The Morgan fingerprint density at radius 3 is 2.62 bits per heavy atom. The van der Waals surface area contributed by atoms with E-state index in [4.69, 9.17) is 14.2 Å². The molecule has 1 fully saturated rings. The minimum atomic E-state index is -0.461. The highest BCUT2D eigenvalue weighted by molar-refractivity contribution is 5.68. The lowest BCUT2D eigenvalue weighted by molar-refractivity contribution is -0.161. The monoisotopic (exact) mass is 297 g/mol. The molecule has 1 saturated heterocycles. The van der Waals surface area contributed by atoms with Crippen molar-refractivity contribution >= 4 is 6.09 Å². The summed E-state index contributed by atoms with van der Waals surface area (Å²) in [6.07, 6.45) is 5.35. The second-order valence-electron chi connectivity index (χ2n) is 6.93. The zero-order chi connectivity index (χ0) is 15.5. The minimum Gasteiger partial charge on any atom is -0.444 e. The van der Waals surface area contributed by atoms with Crippen LogP contribution in [0.5, 0.6) is 0 Å². The van der Waals surface area contributed by atoms with Crippen LogP contribution in [0.2, 0.25) is 0 Å². The van der Waals surface area contributed by atoms with Gasteiger partial charge in [-0.1, -0.05) is 11.6 Å². The molecule has 0 unspecified atom stereocenters. The maximum atomic E-state index is 11.7. The smallest absolute Gasteiger partial charge is 0.407 e. The van der Waals surface area contributed by atoms with E-state index in [9.17, 15) is 4.79 Å².